The molecule has 4 aromatic rings. The first-order valence-corrected chi connectivity index (χ1v) is 10.0. The van der Waals surface area contributed by atoms with Crippen molar-refractivity contribution in [1.82, 2.24) is 9.97 Å². The Bertz CT molecular complexity index is 1430. The number of carbonyl (C=O) groups is 2. The highest BCUT2D eigenvalue weighted by molar-refractivity contribution is 7.07. The third-order valence-electron chi connectivity index (χ3n) is 4.41. The summed E-state index contributed by atoms with van der Waals surface area (Å²) >= 11 is 1.14. The van der Waals surface area contributed by atoms with Crippen molar-refractivity contribution in [2.45, 2.75) is 0 Å². The highest BCUT2D eigenvalue weighted by Crippen LogP contribution is 2.26. The monoisotopic (exact) mass is 432 g/mol. The molecule has 0 fully saturated rings. The maximum Gasteiger partial charge on any atom is 0.338 e. The quantitative estimate of drug-likeness (QED) is 0.384. The predicted octanol–water partition coefficient (Wildman–Crippen LogP) is 2.37. The van der Waals surface area contributed by atoms with Crippen molar-refractivity contribution in [1.29, 1.82) is 0 Å². The van der Waals surface area contributed by atoms with Gasteiger partial charge in [-0.15, -0.1) is 11.3 Å². The van der Waals surface area contributed by atoms with Crippen LogP contribution in [0, 0.1) is 0 Å². The number of H-pyrrole nitrogens is 1. The molecule has 0 saturated carbocycles. The van der Waals surface area contributed by atoms with Crippen molar-refractivity contribution in [3.63, 3.8) is 0 Å². The van der Waals surface area contributed by atoms with E-state index >= 15 is 0 Å². The Hall–Kier alpha value is -4.04. The summed E-state index contributed by atoms with van der Waals surface area (Å²) in [6.45, 7) is 0. The molecule has 0 unspecified atom stereocenters. The van der Waals surface area contributed by atoms with E-state index in [0.717, 1.165) is 11.3 Å². The minimum Gasteiger partial charge on any atom is -0.465 e. The van der Waals surface area contributed by atoms with Gasteiger partial charge in [0, 0.05) is 35.7 Å². The topological polar surface area (TPSA) is 102 Å². The molecule has 0 atom stereocenters. The second kappa shape index (κ2) is 8.76. The zero-order chi connectivity index (χ0) is 21.8. The van der Waals surface area contributed by atoms with Gasteiger partial charge in [-0.1, -0.05) is 18.2 Å². The maximum absolute atomic E-state index is 12.3. The van der Waals surface area contributed by atoms with Crippen LogP contribution in [-0.2, 0) is 4.74 Å². The van der Waals surface area contributed by atoms with Crippen LogP contribution in [0.5, 0.6) is 0 Å². The molecule has 31 heavy (non-hydrogen) atoms. The number of rotatable bonds is 5. The Morgan fingerprint density at radius 1 is 1.10 bits per heavy atom. The molecule has 3 heterocycles. The van der Waals surface area contributed by atoms with Gasteiger partial charge in [-0.2, -0.15) is 0 Å². The molecule has 1 aromatic carbocycles. The van der Waals surface area contributed by atoms with Crippen molar-refractivity contribution in [3.05, 3.63) is 97.4 Å². The highest BCUT2D eigenvalue weighted by Gasteiger charge is 2.15. The Balaban J connectivity index is 1.67. The molecule has 3 aromatic heterocycles. The molecule has 154 valence electrons. The molecule has 0 spiro atoms. The van der Waals surface area contributed by atoms with E-state index in [1.165, 1.54) is 25.6 Å². The lowest BCUT2D eigenvalue weighted by Crippen LogP contribution is -2.19. The summed E-state index contributed by atoms with van der Waals surface area (Å²) in [6, 6.07) is 13.6. The lowest BCUT2D eigenvalue weighted by Gasteiger charge is -2.04. The summed E-state index contributed by atoms with van der Waals surface area (Å²) in [6.07, 6.45) is 6.02. The highest BCUT2D eigenvalue weighted by atomic mass is 32.1. The van der Waals surface area contributed by atoms with Gasteiger partial charge in [-0.25, -0.2) is 4.79 Å². The summed E-state index contributed by atoms with van der Waals surface area (Å²) in [7, 11) is 1.32. The number of methoxy groups -OCH3 is 1. The number of carbonyl (C=O) groups excluding carboxylic acids is 2. The third kappa shape index (κ3) is 4.44. The number of aromatic amines is 1. The van der Waals surface area contributed by atoms with Gasteiger partial charge in [-0.3, -0.25) is 14.6 Å². The van der Waals surface area contributed by atoms with Crippen LogP contribution in [0.1, 0.15) is 26.5 Å². The molecular formula is C23H16N2O5S. The summed E-state index contributed by atoms with van der Waals surface area (Å²) in [5.74, 6) is 0.214. The molecular weight excluding hydrogens is 416 g/mol. The molecule has 0 aliphatic carbocycles. The SMILES string of the molecule is COC(=O)c1ccccc1-c1ccc(/C=c2\s/c(=C\C(=O)c3ccncc3)[nH]c2=O)o1. The fourth-order valence-electron chi connectivity index (χ4n) is 2.93. The number of ketones is 1. The fraction of sp³-hybridized carbons (Fsp3) is 0.0435. The Morgan fingerprint density at radius 2 is 1.87 bits per heavy atom. The molecule has 8 heteroatoms. The number of ether oxygens (including phenoxy) is 1. The van der Waals surface area contributed by atoms with Crippen molar-refractivity contribution in [2.75, 3.05) is 7.11 Å². The zero-order valence-electron chi connectivity index (χ0n) is 16.3. The van der Waals surface area contributed by atoms with Crippen LogP contribution in [0.25, 0.3) is 23.5 Å². The third-order valence-corrected chi connectivity index (χ3v) is 5.37. The van der Waals surface area contributed by atoms with Crippen LogP contribution >= 0.6 is 11.3 Å². The number of pyridine rings is 1. The number of aromatic nitrogens is 2. The largest absolute Gasteiger partial charge is 0.465 e. The van der Waals surface area contributed by atoms with E-state index in [1.807, 2.05) is 0 Å². The van der Waals surface area contributed by atoms with E-state index in [0.29, 0.717) is 37.4 Å². The van der Waals surface area contributed by atoms with Crippen LogP contribution in [0.3, 0.4) is 0 Å². The molecule has 1 N–H and O–H groups in total. The number of hydrogen-bond acceptors (Lipinski definition) is 7. The van der Waals surface area contributed by atoms with Crippen molar-refractivity contribution >= 4 is 35.2 Å². The second-order valence-corrected chi connectivity index (χ2v) is 7.50. The number of benzene rings is 1. The minimum absolute atomic E-state index is 0.230. The maximum atomic E-state index is 12.3. The van der Waals surface area contributed by atoms with Crippen LogP contribution < -0.4 is 14.8 Å². The molecule has 0 amide bonds. The van der Waals surface area contributed by atoms with Crippen LogP contribution in [0.15, 0.2) is 70.1 Å². The first kappa shape index (κ1) is 20.2. The number of Topliss-reactive ketones (excluding diaryl/α,β-unsaturated/α-hetero) is 1. The Kier molecular flexibility index (Phi) is 5.72. The lowest BCUT2D eigenvalue weighted by atomic mass is 10.1. The van der Waals surface area contributed by atoms with E-state index in [1.54, 1.807) is 54.6 Å². The normalized spacial score (nSPS) is 12.2. The molecule has 0 radical (unpaired) electrons. The molecule has 0 bridgehead atoms. The van der Waals surface area contributed by atoms with Gasteiger partial charge in [0.2, 0.25) is 0 Å². The fourth-order valence-corrected chi connectivity index (χ4v) is 3.80. The van der Waals surface area contributed by atoms with E-state index < -0.39 is 5.97 Å². The van der Waals surface area contributed by atoms with E-state index in [-0.39, 0.29) is 11.3 Å². The summed E-state index contributed by atoms with van der Waals surface area (Å²) in [5, 5.41) is 0. The number of thiazole rings is 1. The van der Waals surface area contributed by atoms with Crippen molar-refractivity contribution in [2.24, 2.45) is 0 Å². The van der Waals surface area contributed by atoms with E-state index in [4.69, 9.17) is 9.15 Å². The average Bonchev–Trinajstić information content (AvgIpc) is 3.40. The van der Waals surface area contributed by atoms with E-state index in [9.17, 15) is 14.4 Å². The molecule has 4 rings (SSSR count). The number of esters is 1. The first-order chi connectivity index (χ1) is 15.0. The summed E-state index contributed by atoms with van der Waals surface area (Å²) < 4.78 is 11.5. The van der Waals surface area contributed by atoms with Crippen LogP contribution in [-0.4, -0.2) is 28.8 Å². The summed E-state index contributed by atoms with van der Waals surface area (Å²) in [5.41, 5.74) is 1.12. The average molecular weight is 432 g/mol. The van der Waals surface area contributed by atoms with Crippen LogP contribution in [0.2, 0.25) is 0 Å². The Morgan fingerprint density at radius 3 is 2.65 bits per heavy atom. The smallest absolute Gasteiger partial charge is 0.338 e. The molecule has 0 aliphatic heterocycles. The van der Waals surface area contributed by atoms with Gasteiger partial charge in [0.15, 0.2) is 5.78 Å². The van der Waals surface area contributed by atoms with Gasteiger partial charge in [0.1, 0.15) is 11.5 Å². The lowest BCUT2D eigenvalue weighted by molar-refractivity contribution is 0.0601. The van der Waals surface area contributed by atoms with Gasteiger partial charge in [-0.05, 0) is 30.3 Å². The first-order valence-electron chi connectivity index (χ1n) is 9.19. The number of nitrogens with zero attached hydrogens (tertiary/aromatic N) is 1. The number of nitrogens with one attached hydrogen (secondary N) is 1. The minimum atomic E-state index is -0.466. The van der Waals surface area contributed by atoms with Gasteiger partial charge >= 0.3 is 5.97 Å². The van der Waals surface area contributed by atoms with Crippen LogP contribution in [0.4, 0.5) is 0 Å². The second-order valence-electron chi connectivity index (χ2n) is 6.41. The molecule has 7 nitrogen and oxygen atoms in total. The van der Waals surface area contributed by atoms with Gasteiger partial charge in [0.25, 0.3) is 5.56 Å². The molecule has 0 saturated heterocycles. The van der Waals surface area contributed by atoms with Crippen molar-refractivity contribution in [3.8, 4) is 11.3 Å². The Labute approximate surface area is 180 Å². The zero-order valence-corrected chi connectivity index (χ0v) is 17.1. The molecule has 0 aliphatic rings. The van der Waals surface area contributed by atoms with Crippen molar-refractivity contribution < 1.29 is 18.7 Å². The van der Waals surface area contributed by atoms with E-state index in [2.05, 4.69) is 9.97 Å². The van der Waals surface area contributed by atoms with Gasteiger partial charge in [0.05, 0.1) is 21.9 Å². The predicted molar refractivity (Wildman–Crippen MR) is 116 cm³/mol. The number of hydrogen-bond donors (Lipinski definition) is 1. The summed E-state index contributed by atoms with van der Waals surface area (Å²) in [4.78, 5) is 43.1. The standard InChI is InChI=1S/C23H16N2O5S/c1-29-23(28)17-5-3-2-4-16(17)19-7-6-15(30-19)12-20-22(27)25-21(31-20)13-18(26)14-8-10-24-11-9-14/h2-13H,1H3,(H,25,27)/b20-12-,21-13-. The van der Waals surface area contributed by atoms with Gasteiger partial charge < -0.3 is 14.1 Å². The number of furan rings is 1.